The Morgan fingerprint density at radius 2 is 1.68 bits per heavy atom. The van der Waals surface area contributed by atoms with Gasteiger partial charge in [0.2, 0.25) is 10.0 Å². The molecule has 8 heteroatoms. The Labute approximate surface area is 206 Å². The summed E-state index contributed by atoms with van der Waals surface area (Å²) in [6.07, 6.45) is 5.08. The Kier molecular flexibility index (Phi) is 7.50. The first-order valence-corrected chi connectivity index (χ1v) is 14.0. The molecule has 3 aromatic rings. The average Bonchev–Trinajstić information content (AvgIpc) is 3.32. The van der Waals surface area contributed by atoms with Crippen molar-refractivity contribution < 1.29 is 13.2 Å². The molecule has 1 fully saturated rings. The highest BCUT2D eigenvalue weighted by atomic mass is 32.2. The number of amides is 1. The van der Waals surface area contributed by atoms with Crippen LogP contribution in [-0.4, -0.2) is 36.7 Å². The molecule has 0 unspecified atom stereocenters. The van der Waals surface area contributed by atoms with Crippen LogP contribution in [0.25, 0.3) is 11.3 Å². The maximum Gasteiger partial charge on any atom is 0.257 e. The van der Waals surface area contributed by atoms with Gasteiger partial charge in [0.05, 0.1) is 10.6 Å². The zero-order valence-corrected chi connectivity index (χ0v) is 21.5. The summed E-state index contributed by atoms with van der Waals surface area (Å²) in [6, 6.07) is 14.4. The molecule has 180 valence electrons. The highest BCUT2D eigenvalue weighted by Gasteiger charge is 2.29. The van der Waals surface area contributed by atoms with E-state index < -0.39 is 10.0 Å². The molecule has 1 saturated carbocycles. The standard InChI is InChI=1S/C26H31N3O3S2/c1-18(2)19-9-11-20(12-10-19)24-17-33-26(27-24)28-25(30)21-13-15-23(16-14-21)34(31,32)29(3)22-7-5-4-6-8-22/h9-18,22H,4-8H2,1-3H3,(H,27,28,30). The number of thiazole rings is 1. The Hall–Kier alpha value is -2.55. The van der Waals surface area contributed by atoms with Crippen LogP contribution in [0.1, 0.15) is 67.8 Å². The van der Waals surface area contributed by atoms with E-state index in [1.165, 1.54) is 39.8 Å². The van der Waals surface area contributed by atoms with Crippen molar-refractivity contribution in [1.29, 1.82) is 0 Å². The molecule has 1 aromatic heterocycles. The first-order chi connectivity index (χ1) is 16.3. The number of sulfonamides is 1. The molecule has 1 heterocycles. The summed E-state index contributed by atoms with van der Waals surface area (Å²) in [6.45, 7) is 4.31. The third-order valence-electron chi connectivity index (χ3n) is 6.48. The van der Waals surface area contributed by atoms with Crippen LogP contribution in [0.4, 0.5) is 5.13 Å². The Balaban J connectivity index is 1.42. The first kappa shape index (κ1) is 24.6. The van der Waals surface area contributed by atoms with Gasteiger partial charge in [-0.3, -0.25) is 10.1 Å². The monoisotopic (exact) mass is 497 g/mol. The quantitative estimate of drug-likeness (QED) is 0.425. The number of carbonyl (C=O) groups excluding carboxylic acids is 1. The molecule has 1 aliphatic rings. The summed E-state index contributed by atoms with van der Waals surface area (Å²) in [5.74, 6) is 0.147. The van der Waals surface area contributed by atoms with Crippen molar-refractivity contribution in [2.45, 2.75) is 62.8 Å². The highest BCUT2D eigenvalue weighted by Crippen LogP contribution is 2.28. The summed E-state index contributed by atoms with van der Waals surface area (Å²) in [4.78, 5) is 17.5. The van der Waals surface area contributed by atoms with Crippen molar-refractivity contribution in [1.82, 2.24) is 9.29 Å². The highest BCUT2D eigenvalue weighted by molar-refractivity contribution is 7.89. The molecular formula is C26H31N3O3S2. The molecule has 0 bridgehead atoms. The van der Waals surface area contributed by atoms with Gasteiger partial charge in [-0.15, -0.1) is 11.3 Å². The van der Waals surface area contributed by atoms with E-state index >= 15 is 0 Å². The molecule has 1 N–H and O–H groups in total. The summed E-state index contributed by atoms with van der Waals surface area (Å²) >= 11 is 1.36. The fraction of sp³-hybridized carbons (Fsp3) is 0.385. The van der Waals surface area contributed by atoms with Gasteiger partial charge in [0, 0.05) is 29.6 Å². The number of hydrogen-bond acceptors (Lipinski definition) is 5. The van der Waals surface area contributed by atoms with Gasteiger partial charge in [-0.1, -0.05) is 57.4 Å². The number of rotatable bonds is 7. The minimum atomic E-state index is -3.58. The van der Waals surface area contributed by atoms with Crippen molar-refractivity contribution >= 4 is 32.4 Å². The predicted octanol–water partition coefficient (Wildman–Crippen LogP) is 6.14. The molecule has 1 aliphatic carbocycles. The van der Waals surface area contributed by atoms with Crippen molar-refractivity contribution in [3.63, 3.8) is 0 Å². The maximum atomic E-state index is 13.0. The fourth-order valence-electron chi connectivity index (χ4n) is 4.26. The lowest BCUT2D eigenvalue weighted by Crippen LogP contribution is -2.38. The molecule has 0 aliphatic heterocycles. The van der Waals surface area contributed by atoms with Gasteiger partial charge in [-0.05, 0) is 48.6 Å². The minimum absolute atomic E-state index is 0.0439. The normalized spacial score (nSPS) is 15.1. The second-order valence-corrected chi connectivity index (χ2v) is 12.0. The van der Waals surface area contributed by atoms with Crippen LogP contribution < -0.4 is 5.32 Å². The van der Waals surface area contributed by atoms with E-state index in [-0.39, 0.29) is 16.8 Å². The van der Waals surface area contributed by atoms with Crippen molar-refractivity contribution in [3.8, 4) is 11.3 Å². The van der Waals surface area contributed by atoms with Gasteiger partial charge in [-0.25, -0.2) is 13.4 Å². The molecule has 0 radical (unpaired) electrons. The predicted molar refractivity (Wildman–Crippen MR) is 138 cm³/mol. The maximum absolute atomic E-state index is 13.0. The first-order valence-electron chi connectivity index (χ1n) is 11.7. The molecule has 6 nitrogen and oxygen atoms in total. The number of nitrogens with one attached hydrogen (secondary N) is 1. The van der Waals surface area contributed by atoms with Crippen LogP contribution in [0.2, 0.25) is 0 Å². The summed E-state index contributed by atoms with van der Waals surface area (Å²) in [5.41, 5.74) is 3.46. The van der Waals surface area contributed by atoms with Gasteiger partial charge in [0.15, 0.2) is 5.13 Å². The largest absolute Gasteiger partial charge is 0.298 e. The van der Waals surface area contributed by atoms with Crippen molar-refractivity contribution in [3.05, 3.63) is 65.0 Å². The topological polar surface area (TPSA) is 79.4 Å². The number of hydrogen-bond donors (Lipinski definition) is 1. The third kappa shape index (κ3) is 5.40. The summed E-state index contributed by atoms with van der Waals surface area (Å²) < 4.78 is 27.5. The molecule has 0 atom stereocenters. The van der Waals surface area contributed by atoms with E-state index in [4.69, 9.17) is 0 Å². The molecule has 0 saturated heterocycles. The van der Waals surface area contributed by atoms with E-state index in [0.29, 0.717) is 16.6 Å². The van der Waals surface area contributed by atoms with Crippen molar-refractivity contribution in [2.75, 3.05) is 12.4 Å². The van der Waals surface area contributed by atoms with E-state index in [0.717, 1.165) is 36.9 Å². The Morgan fingerprint density at radius 1 is 1.03 bits per heavy atom. The van der Waals surface area contributed by atoms with Crippen LogP contribution >= 0.6 is 11.3 Å². The van der Waals surface area contributed by atoms with Gasteiger partial charge >= 0.3 is 0 Å². The molecule has 2 aromatic carbocycles. The van der Waals surface area contributed by atoms with E-state index in [1.54, 1.807) is 19.2 Å². The minimum Gasteiger partial charge on any atom is -0.298 e. The van der Waals surface area contributed by atoms with E-state index in [1.807, 2.05) is 17.5 Å². The molecule has 0 spiro atoms. The lowest BCUT2D eigenvalue weighted by Gasteiger charge is -2.30. The van der Waals surface area contributed by atoms with Gasteiger partial charge in [-0.2, -0.15) is 4.31 Å². The number of anilines is 1. The van der Waals surface area contributed by atoms with E-state index in [9.17, 15) is 13.2 Å². The van der Waals surface area contributed by atoms with Crippen LogP contribution in [0.15, 0.2) is 58.8 Å². The number of aromatic nitrogens is 1. The number of benzene rings is 2. The van der Waals surface area contributed by atoms with Crippen LogP contribution in [0, 0.1) is 0 Å². The Bertz CT molecular complexity index is 1230. The second kappa shape index (κ2) is 10.4. The summed E-state index contributed by atoms with van der Waals surface area (Å²) in [7, 11) is -1.93. The zero-order valence-electron chi connectivity index (χ0n) is 19.8. The molecule has 1 amide bonds. The molecule has 4 rings (SSSR count). The van der Waals surface area contributed by atoms with Crippen LogP contribution in [-0.2, 0) is 10.0 Å². The van der Waals surface area contributed by atoms with Gasteiger partial charge in [0.1, 0.15) is 0 Å². The molecular weight excluding hydrogens is 466 g/mol. The lowest BCUT2D eigenvalue weighted by atomic mass is 9.96. The Morgan fingerprint density at radius 3 is 2.29 bits per heavy atom. The second-order valence-electron chi connectivity index (χ2n) is 9.11. The number of carbonyl (C=O) groups is 1. The lowest BCUT2D eigenvalue weighted by molar-refractivity contribution is 0.102. The number of nitrogens with zero attached hydrogens (tertiary/aromatic N) is 2. The average molecular weight is 498 g/mol. The zero-order chi connectivity index (χ0) is 24.3. The smallest absolute Gasteiger partial charge is 0.257 e. The third-order valence-corrected chi connectivity index (χ3v) is 9.16. The van der Waals surface area contributed by atoms with Gasteiger partial charge < -0.3 is 0 Å². The fourth-order valence-corrected chi connectivity index (χ4v) is 6.39. The van der Waals surface area contributed by atoms with Gasteiger partial charge in [0.25, 0.3) is 5.91 Å². The summed E-state index contributed by atoms with van der Waals surface area (Å²) in [5, 5.41) is 5.23. The molecule has 34 heavy (non-hydrogen) atoms. The van der Waals surface area contributed by atoms with Crippen LogP contribution in [0.5, 0.6) is 0 Å². The van der Waals surface area contributed by atoms with Crippen LogP contribution in [0.3, 0.4) is 0 Å². The van der Waals surface area contributed by atoms with E-state index in [2.05, 4.69) is 36.3 Å². The van der Waals surface area contributed by atoms with Crippen molar-refractivity contribution in [2.24, 2.45) is 0 Å². The SMILES string of the molecule is CC(C)c1ccc(-c2csc(NC(=O)c3ccc(S(=O)(=O)N(C)C4CCCCC4)cc3)n2)cc1.